The third-order valence-corrected chi connectivity index (χ3v) is 2.68. The molecule has 0 heterocycles. The summed E-state index contributed by atoms with van der Waals surface area (Å²) >= 11 is 0. The smallest absolute Gasteiger partial charge is 0.342 e. The van der Waals surface area contributed by atoms with E-state index in [-0.39, 0.29) is 17.4 Å². The van der Waals surface area contributed by atoms with Crippen LogP contribution in [0.1, 0.15) is 28.9 Å². The molecule has 0 unspecified atom stereocenters. The van der Waals surface area contributed by atoms with E-state index in [4.69, 9.17) is 4.74 Å². The summed E-state index contributed by atoms with van der Waals surface area (Å²) in [5.74, 6) is -0.591. The van der Waals surface area contributed by atoms with E-state index in [2.05, 4.69) is 0 Å². The number of phenolic OH excluding ortho intramolecular Hbond substituents is 1. The Balaban J connectivity index is 2.11. The molecular formula is C15H14O3. The molecule has 1 N–H and O–H groups in total. The second-order valence-electron chi connectivity index (χ2n) is 3.98. The fraction of sp³-hybridized carbons (Fsp3) is 0.133. The van der Waals surface area contributed by atoms with Crippen molar-refractivity contribution in [2.24, 2.45) is 0 Å². The van der Waals surface area contributed by atoms with Gasteiger partial charge in [-0.05, 0) is 24.6 Å². The summed E-state index contributed by atoms with van der Waals surface area (Å²) in [5.41, 5.74) is 1.10. The van der Waals surface area contributed by atoms with Gasteiger partial charge in [0.05, 0.1) is 0 Å². The van der Waals surface area contributed by atoms with E-state index in [1.54, 1.807) is 19.1 Å². The van der Waals surface area contributed by atoms with E-state index in [0.29, 0.717) is 0 Å². The van der Waals surface area contributed by atoms with Crippen LogP contribution in [0.15, 0.2) is 54.6 Å². The van der Waals surface area contributed by atoms with Crippen molar-refractivity contribution in [1.29, 1.82) is 0 Å². The first-order valence-corrected chi connectivity index (χ1v) is 5.72. The standard InChI is InChI=1S/C15H14O3/c1-11(12-7-3-2-4-8-12)18-15(17)13-9-5-6-10-14(13)16/h2-11,16H,1H3/t11-/m1/s1. The largest absolute Gasteiger partial charge is 0.507 e. The molecule has 3 heteroatoms. The maximum absolute atomic E-state index is 11.9. The third kappa shape index (κ3) is 2.69. The minimum atomic E-state index is -0.524. The summed E-state index contributed by atoms with van der Waals surface area (Å²) < 4.78 is 5.30. The van der Waals surface area contributed by atoms with Crippen LogP contribution in [-0.2, 0) is 4.74 Å². The summed E-state index contributed by atoms with van der Waals surface area (Å²) in [6, 6.07) is 15.8. The van der Waals surface area contributed by atoms with E-state index in [1.807, 2.05) is 30.3 Å². The number of ether oxygens (including phenoxy) is 1. The molecule has 0 fully saturated rings. The zero-order valence-electron chi connectivity index (χ0n) is 10.0. The number of hydrogen-bond acceptors (Lipinski definition) is 3. The predicted octanol–water partition coefficient (Wildman–Crippen LogP) is 3.31. The van der Waals surface area contributed by atoms with Crippen LogP contribution in [0.2, 0.25) is 0 Å². The lowest BCUT2D eigenvalue weighted by Crippen LogP contribution is -2.09. The minimum Gasteiger partial charge on any atom is -0.507 e. The quantitative estimate of drug-likeness (QED) is 0.840. The first-order valence-electron chi connectivity index (χ1n) is 5.72. The Hall–Kier alpha value is -2.29. The fourth-order valence-corrected chi connectivity index (χ4v) is 1.66. The fourth-order valence-electron chi connectivity index (χ4n) is 1.66. The summed E-state index contributed by atoms with van der Waals surface area (Å²) in [7, 11) is 0. The van der Waals surface area contributed by atoms with Crippen molar-refractivity contribution in [3.05, 3.63) is 65.7 Å². The molecule has 2 aromatic rings. The molecule has 3 nitrogen and oxygen atoms in total. The van der Waals surface area contributed by atoms with Crippen LogP contribution in [0.3, 0.4) is 0 Å². The van der Waals surface area contributed by atoms with Gasteiger partial charge in [0, 0.05) is 0 Å². The number of hydrogen-bond donors (Lipinski definition) is 1. The van der Waals surface area contributed by atoms with Crippen LogP contribution in [0.25, 0.3) is 0 Å². The lowest BCUT2D eigenvalue weighted by molar-refractivity contribution is 0.0334. The molecular weight excluding hydrogens is 228 g/mol. The monoisotopic (exact) mass is 242 g/mol. The highest BCUT2D eigenvalue weighted by Gasteiger charge is 2.16. The van der Waals surface area contributed by atoms with Crippen molar-refractivity contribution in [2.45, 2.75) is 13.0 Å². The highest BCUT2D eigenvalue weighted by Crippen LogP contribution is 2.22. The summed E-state index contributed by atoms with van der Waals surface area (Å²) in [6.45, 7) is 1.80. The van der Waals surface area contributed by atoms with Crippen molar-refractivity contribution in [2.75, 3.05) is 0 Å². The van der Waals surface area contributed by atoms with Crippen molar-refractivity contribution in [1.82, 2.24) is 0 Å². The van der Waals surface area contributed by atoms with Gasteiger partial charge in [0.25, 0.3) is 0 Å². The number of phenols is 1. The molecule has 0 amide bonds. The second kappa shape index (κ2) is 5.36. The average Bonchev–Trinajstić information content (AvgIpc) is 2.40. The van der Waals surface area contributed by atoms with Gasteiger partial charge in [-0.2, -0.15) is 0 Å². The molecule has 0 aliphatic rings. The highest BCUT2D eigenvalue weighted by molar-refractivity contribution is 5.92. The summed E-state index contributed by atoms with van der Waals surface area (Å²) in [5, 5.41) is 9.56. The number of carbonyl (C=O) groups is 1. The first kappa shape index (κ1) is 12.2. The van der Waals surface area contributed by atoms with Gasteiger partial charge >= 0.3 is 5.97 Å². The van der Waals surface area contributed by atoms with Crippen LogP contribution in [0.4, 0.5) is 0 Å². The van der Waals surface area contributed by atoms with Crippen LogP contribution in [-0.4, -0.2) is 11.1 Å². The lowest BCUT2D eigenvalue weighted by atomic mass is 10.1. The SMILES string of the molecule is C[C@@H](OC(=O)c1ccccc1O)c1ccccc1. The topological polar surface area (TPSA) is 46.5 Å². The molecule has 0 saturated heterocycles. The number of benzene rings is 2. The molecule has 0 saturated carbocycles. The van der Waals surface area contributed by atoms with Gasteiger partial charge in [-0.3, -0.25) is 0 Å². The predicted molar refractivity (Wildman–Crippen MR) is 68.4 cm³/mol. The second-order valence-corrected chi connectivity index (χ2v) is 3.98. The minimum absolute atomic E-state index is 0.0669. The van der Waals surface area contributed by atoms with Crippen LogP contribution in [0.5, 0.6) is 5.75 Å². The van der Waals surface area contributed by atoms with Crippen molar-refractivity contribution < 1.29 is 14.6 Å². The maximum atomic E-state index is 11.9. The number of para-hydroxylation sites is 1. The zero-order chi connectivity index (χ0) is 13.0. The van der Waals surface area contributed by atoms with Gasteiger partial charge in [-0.25, -0.2) is 4.79 Å². The summed E-state index contributed by atoms with van der Waals surface area (Å²) in [6.07, 6.45) is -0.349. The van der Waals surface area contributed by atoms with Crippen LogP contribution >= 0.6 is 0 Å². The van der Waals surface area contributed by atoms with E-state index in [1.165, 1.54) is 12.1 Å². The maximum Gasteiger partial charge on any atom is 0.342 e. The molecule has 92 valence electrons. The Morgan fingerprint density at radius 1 is 1.06 bits per heavy atom. The zero-order valence-corrected chi connectivity index (χ0v) is 10.0. The highest BCUT2D eigenvalue weighted by atomic mass is 16.5. The van der Waals surface area contributed by atoms with Crippen molar-refractivity contribution in [3.8, 4) is 5.75 Å². The van der Waals surface area contributed by atoms with Crippen molar-refractivity contribution in [3.63, 3.8) is 0 Å². The molecule has 0 aliphatic heterocycles. The molecule has 0 bridgehead atoms. The number of esters is 1. The van der Waals surface area contributed by atoms with Crippen LogP contribution in [0, 0.1) is 0 Å². The molecule has 2 rings (SSSR count). The summed E-state index contributed by atoms with van der Waals surface area (Å²) in [4.78, 5) is 11.9. The lowest BCUT2D eigenvalue weighted by Gasteiger charge is -2.13. The Morgan fingerprint density at radius 3 is 2.33 bits per heavy atom. The molecule has 2 aromatic carbocycles. The van der Waals surface area contributed by atoms with Crippen molar-refractivity contribution >= 4 is 5.97 Å². The molecule has 0 aliphatic carbocycles. The van der Waals surface area contributed by atoms with Gasteiger partial charge in [-0.1, -0.05) is 42.5 Å². The molecule has 1 atom stereocenters. The molecule has 0 aromatic heterocycles. The van der Waals surface area contributed by atoms with E-state index in [0.717, 1.165) is 5.56 Å². The van der Waals surface area contributed by atoms with Gasteiger partial charge in [0.15, 0.2) is 0 Å². The molecule has 0 radical (unpaired) electrons. The molecule has 0 spiro atoms. The Bertz CT molecular complexity index is 534. The Morgan fingerprint density at radius 2 is 1.67 bits per heavy atom. The van der Waals surface area contributed by atoms with Gasteiger partial charge in [0.1, 0.15) is 17.4 Å². The number of rotatable bonds is 3. The number of aromatic hydroxyl groups is 1. The average molecular weight is 242 g/mol. The Kier molecular flexibility index (Phi) is 3.63. The first-order chi connectivity index (χ1) is 8.68. The van der Waals surface area contributed by atoms with Gasteiger partial charge in [0.2, 0.25) is 0 Å². The molecule has 18 heavy (non-hydrogen) atoms. The van der Waals surface area contributed by atoms with E-state index < -0.39 is 5.97 Å². The number of carbonyl (C=O) groups excluding carboxylic acids is 1. The van der Waals surface area contributed by atoms with Gasteiger partial charge < -0.3 is 9.84 Å². The van der Waals surface area contributed by atoms with Gasteiger partial charge in [-0.15, -0.1) is 0 Å². The van der Waals surface area contributed by atoms with E-state index in [9.17, 15) is 9.90 Å². The third-order valence-electron chi connectivity index (χ3n) is 2.68. The normalized spacial score (nSPS) is 11.8. The van der Waals surface area contributed by atoms with Crippen LogP contribution < -0.4 is 0 Å². The Labute approximate surface area is 106 Å². The van der Waals surface area contributed by atoms with E-state index >= 15 is 0 Å².